The lowest BCUT2D eigenvalue weighted by Crippen LogP contribution is -1.92. The van der Waals surface area contributed by atoms with E-state index in [1.165, 1.54) is 22.7 Å². The lowest BCUT2D eigenvalue weighted by atomic mass is 10.0. The molecule has 0 fully saturated rings. The fourth-order valence-electron chi connectivity index (χ4n) is 3.26. The summed E-state index contributed by atoms with van der Waals surface area (Å²) in [6.45, 7) is 7.98. The van der Waals surface area contributed by atoms with Crippen molar-refractivity contribution in [1.82, 2.24) is 19.9 Å². The molecule has 5 rings (SSSR count). The Balaban J connectivity index is 1.70. The van der Waals surface area contributed by atoms with Gasteiger partial charge in [0.15, 0.2) is 5.13 Å². The summed E-state index contributed by atoms with van der Waals surface area (Å²) in [5, 5.41) is 6.84. The summed E-state index contributed by atoms with van der Waals surface area (Å²) in [4.78, 5) is 21.7. The lowest BCUT2D eigenvalue weighted by Gasteiger charge is -2.07. The molecule has 0 aliphatic heterocycles. The van der Waals surface area contributed by atoms with Gasteiger partial charge in [0.1, 0.15) is 11.6 Å². The largest absolute Gasteiger partial charge is 0.344 e. The van der Waals surface area contributed by atoms with Crippen molar-refractivity contribution in [2.45, 2.75) is 0 Å². The lowest BCUT2D eigenvalue weighted by molar-refractivity contribution is 1.29. The first-order valence-corrected chi connectivity index (χ1v) is 11.7. The van der Waals surface area contributed by atoms with Crippen LogP contribution in [-0.2, 0) is 0 Å². The molecule has 0 bridgehead atoms. The van der Waals surface area contributed by atoms with Crippen LogP contribution in [0.1, 0.15) is 0 Å². The standard InChI is InChI=1S/C22H12Cl2N6S2/c1-25-18-17(14-3-2-13(23)11-15(14)24)20(21-27-6-7-28-21)32-19(18)12-4-5-26-16(10-12)30-22-29-8-9-31-22/h2-11H,(H,27,28)(H,26,29,30). The van der Waals surface area contributed by atoms with Gasteiger partial charge < -0.3 is 10.3 Å². The topological polar surface area (TPSA) is 70.8 Å². The summed E-state index contributed by atoms with van der Waals surface area (Å²) in [5.41, 5.74) is 2.81. The monoisotopic (exact) mass is 494 g/mol. The number of aromatic nitrogens is 4. The van der Waals surface area contributed by atoms with Crippen molar-refractivity contribution in [1.29, 1.82) is 0 Å². The van der Waals surface area contributed by atoms with Crippen molar-refractivity contribution in [3.63, 3.8) is 0 Å². The van der Waals surface area contributed by atoms with Gasteiger partial charge in [0, 0.05) is 50.7 Å². The zero-order valence-electron chi connectivity index (χ0n) is 16.1. The van der Waals surface area contributed by atoms with Gasteiger partial charge in [-0.3, -0.25) is 0 Å². The molecule has 156 valence electrons. The Morgan fingerprint density at radius 2 is 1.91 bits per heavy atom. The second-order valence-electron chi connectivity index (χ2n) is 6.55. The highest BCUT2D eigenvalue weighted by Crippen LogP contribution is 2.53. The van der Waals surface area contributed by atoms with E-state index >= 15 is 0 Å². The van der Waals surface area contributed by atoms with Gasteiger partial charge in [-0.2, -0.15) is 0 Å². The van der Waals surface area contributed by atoms with E-state index in [-0.39, 0.29) is 0 Å². The molecule has 32 heavy (non-hydrogen) atoms. The number of nitrogens with zero attached hydrogens (tertiary/aromatic N) is 4. The normalized spacial score (nSPS) is 10.8. The smallest absolute Gasteiger partial charge is 0.213 e. The molecule has 4 heterocycles. The Kier molecular flexibility index (Phi) is 5.64. The van der Waals surface area contributed by atoms with E-state index in [0.717, 1.165) is 31.6 Å². The molecule has 0 radical (unpaired) electrons. The van der Waals surface area contributed by atoms with Crippen LogP contribution in [0.15, 0.2) is 60.5 Å². The van der Waals surface area contributed by atoms with Crippen LogP contribution in [0.2, 0.25) is 10.0 Å². The number of pyridine rings is 1. The molecule has 0 saturated carbocycles. The van der Waals surface area contributed by atoms with Crippen LogP contribution in [0.3, 0.4) is 0 Å². The number of hydrogen-bond acceptors (Lipinski definition) is 6. The van der Waals surface area contributed by atoms with Crippen LogP contribution in [0.4, 0.5) is 16.6 Å². The van der Waals surface area contributed by atoms with Crippen molar-refractivity contribution in [2.24, 2.45) is 0 Å². The molecule has 6 nitrogen and oxygen atoms in total. The maximum Gasteiger partial charge on any atom is 0.213 e. The third-order valence-corrected chi connectivity index (χ3v) is 7.07. The number of halogens is 2. The van der Waals surface area contributed by atoms with Crippen molar-refractivity contribution in [3.05, 3.63) is 82.0 Å². The molecule has 0 unspecified atom stereocenters. The molecular formula is C22H12Cl2N6S2. The molecule has 0 spiro atoms. The fraction of sp³-hybridized carbons (Fsp3) is 0. The molecule has 4 aromatic heterocycles. The highest BCUT2D eigenvalue weighted by molar-refractivity contribution is 7.20. The Morgan fingerprint density at radius 3 is 2.62 bits per heavy atom. The number of thiazole rings is 1. The quantitative estimate of drug-likeness (QED) is 0.243. The minimum atomic E-state index is 0.473. The minimum Gasteiger partial charge on any atom is -0.344 e. The summed E-state index contributed by atoms with van der Waals surface area (Å²) >= 11 is 15.6. The molecule has 2 N–H and O–H groups in total. The number of benzene rings is 1. The second-order valence-corrected chi connectivity index (χ2v) is 9.31. The van der Waals surface area contributed by atoms with Gasteiger partial charge in [-0.25, -0.2) is 19.8 Å². The molecule has 5 aromatic rings. The molecule has 0 atom stereocenters. The predicted molar refractivity (Wildman–Crippen MR) is 132 cm³/mol. The number of rotatable bonds is 5. The number of H-pyrrole nitrogens is 1. The van der Waals surface area contributed by atoms with Crippen LogP contribution < -0.4 is 5.32 Å². The first-order valence-electron chi connectivity index (χ1n) is 9.26. The van der Waals surface area contributed by atoms with Crippen LogP contribution >= 0.6 is 45.9 Å². The van der Waals surface area contributed by atoms with E-state index in [1.807, 2.05) is 23.6 Å². The van der Waals surface area contributed by atoms with Crippen LogP contribution in [0.25, 0.3) is 37.1 Å². The number of aromatic amines is 1. The summed E-state index contributed by atoms with van der Waals surface area (Å²) in [7, 11) is 0. The zero-order valence-corrected chi connectivity index (χ0v) is 19.3. The molecule has 0 aliphatic rings. The Bertz CT molecular complexity index is 1440. The summed E-state index contributed by atoms with van der Waals surface area (Å²) < 4.78 is 0. The van der Waals surface area contributed by atoms with Gasteiger partial charge in [-0.1, -0.05) is 29.3 Å². The average molecular weight is 495 g/mol. The van der Waals surface area contributed by atoms with Gasteiger partial charge in [0.2, 0.25) is 5.69 Å². The van der Waals surface area contributed by atoms with Gasteiger partial charge in [-0.15, -0.1) is 22.7 Å². The number of thiophene rings is 1. The number of imidazole rings is 1. The van der Waals surface area contributed by atoms with Gasteiger partial charge in [0.25, 0.3) is 0 Å². The summed E-state index contributed by atoms with van der Waals surface area (Å²) in [6.07, 6.45) is 6.87. The van der Waals surface area contributed by atoms with E-state index < -0.39 is 0 Å². The Labute approximate surface area is 201 Å². The van der Waals surface area contributed by atoms with Crippen LogP contribution in [-0.4, -0.2) is 19.9 Å². The molecular weight excluding hydrogens is 483 g/mol. The van der Waals surface area contributed by atoms with Crippen molar-refractivity contribution < 1.29 is 0 Å². The van der Waals surface area contributed by atoms with E-state index in [0.29, 0.717) is 27.4 Å². The first kappa shape index (κ1) is 20.7. The molecule has 0 amide bonds. The van der Waals surface area contributed by atoms with E-state index in [4.69, 9.17) is 29.8 Å². The highest BCUT2D eigenvalue weighted by Gasteiger charge is 2.25. The van der Waals surface area contributed by atoms with Gasteiger partial charge in [-0.05, 0) is 35.4 Å². The maximum absolute atomic E-state index is 7.98. The number of anilines is 2. The maximum atomic E-state index is 7.98. The van der Waals surface area contributed by atoms with Crippen molar-refractivity contribution >= 4 is 62.5 Å². The predicted octanol–water partition coefficient (Wildman–Crippen LogP) is 7.92. The van der Waals surface area contributed by atoms with Crippen LogP contribution in [0, 0.1) is 6.57 Å². The van der Waals surface area contributed by atoms with E-state index in [2.05, 4.69) is 30.1 Å². The number of hydrogen-bond donors (Lipinski definition) is 2. The summed E-state index contributed by atoms with van der Waals surface area (Å²) in [5.74, 6) is 1.31. The molecule has 0 saturated heterocycles. The Hall–Kier alpha value is -3.22. The van der Waals surface area contributed by atoms with Crippen molar-refractivity contribution in [2.75, 3.05) is 5.32 Å². The van der Waals surface area contributed by atoms with Gasteiger partial charge in [0.05, 0.1) is 11.4 Å². The number of nitrogens with one attached hydrogen (secondary N) is 2. The minimum absolute atomic E-state index is 0.473. The average Bonchev–Trinajstić information content (AvgIpc) is 3.55. The summed E-state index contributed by atoms with van der Waals surface area (Å²) in [6, 6.07) is 9.06. The second kappa shape index (κ2) is 8.73. The molecule has 0 aliphatic carbocycles. The van der Waals surface area contributed by atoms with Crippen LogP contribution in [0.5, 0.6) is 0 Å². The van der Waals surface area contributed by atoms with Gasteiger partial charge >= 0.3 is 0 Å². The SMILES string of the molecule is [C-]#[N+]c1c(-c2ccnc(Nc3nccs3)c2)sc(-c2ncc[nH]2)c1-c1ccc(Cl)cc1Cl. The highest BCUT2D eigenvalue weighted by atomic mass is 35.5. The molecule has 10 heteroatoms. The Morgan fingerprint density at radius 1 is 1.00 bits per heavy atom. The third kappa shape index (κ3) is 3.87. The van der Waals surface area contributed by atoms with Crippen molar-refractivity contribution in [3.8, 4) is 32.3 Å². The fourth-order valence-corrected chi connectivity index (χ4v) is 5.51. The zero-order chi connectivity index (χ0) is 22.1. The van der Waals surface area contributed by atoms with E-state index in [9.17, 15) is 0 Å². The molecule has 1 aromatic carbocycles. The first-order chi connectivity index (χ1) is 15.6. The van der Waals surface area contributed by atoms with E-state index in [1.54, 1.807) is 36.9 Å². The third-order valence-electron chi connectivity index (χ3n) is 4.60.